The molecule has 1 fully saturated rings. The van der Waals surface area contributed by atoms with E-state index in [2.05, 4.69) is 22.9 Å². The fraction of sp³-hybridized carbons (Fsp3) is 0.545. The summed E-state index contributed by atoms with van der Waals surface area (Å²) in [6.07, 6.45) is 6.11. The predicted octanol–water partition coefficient (Wildman–Crippen LogP) is 1.32. The van der Waals surface area contributed by atoms with Crippen LogP contribution in [0.25, 0.3) is 0 Å². The molecule has 0 aliphatic carbocycles. The van der Waals surface area contributed by atoms with Crippen molar-refractivity contribution in [1.29, 1.82) is 0 Å². The van der Waals surface area contributed by atoms with Crippen molar-refractivity contribution in [2.24, 2.45) is 5.73 Å². The lowest BCUT2D eigenvalue weighted by Crippen LogP contribution is -2.43. The number of piperidine rings is 1. The molecule has 0 amide bonds. The number of nitrogens with two attached hydrogens (primary N) is 1. The number of hydrogen-bond donors (Lipinski definition) is 1. The maximum atomic E-state index is 5.96. The van der Waals surface area contributed by atoms with E-state index in [1.165, 1.54) is 17.7 Å². The van der Waals surface area contributed by atoms with Crippen molar-refractivity contribution in [2.75, 3.05) is 18.0 Å². The highest BCUT2D eigenvalue weighted by atomic mass is 15.2. The molecule has 1 aromatic heterocycles. The number of aromatic nitrogens is 1. The van der Waals surface area contributed by atoms with Gasteiger partial charge in [0.25, 0.3) is 0 Å². The molecule has 0 radical (unpaired) electrons. The zero-order valence-electron chi connectivity index (χ0n) is 8.61. The van der Waals surface area contributed by atoms with E-state index < -0.39 is 0 Å². The largest absolute Gasteiger partial charge is 0.370 e. The molecule has 0 spiro atoms. The molecule has 2 heterocycles. The lowest BCUT2D eigenvalue weighted by molar-refractivity contribution is 0.505. The third kappa shape index (κ3) is 1.87. The normalized spacial score (nSPS) is 22.4. The minimum Gasteiger partial charge on any atom is -0.370 e. The molecule has 1 aliphatic heterocycles. The topological polar surface area (TPSA) is 42.2 Å². The van der Waals surface area contributed by atoms with Crippen molar-refractivity contribution in [2.45, 2.75) is 25.8 Å². The number of nitrogens with zero attached hydrogens (tertiary/aromatic N) is 2. The first kappa shape index (κ1) is 9.46. The third-order valence-corrected chi connectivity index (χ3v) is 2.79. The van der Waals surface area contributed by atoms with Gasteiger partial charge in [0.1, 0.15) is 0 Å². The van der Waals surface area contributed by atoms with Gasteiger partial charge in [-0.2, -0.15) is 0 Å². The Hall–Kier alpha value is -1.09. The summed E-state index contributed by atoms with van der Waals surface area (Å²) in [6.45, 7) is 4.20. The average Bonchev–Trinajstić information content (AvgIpc) is 2.18. The quantitative estimate of drug-likeness (QED) is 0.728. The van der Waals surface area contributed by atoms with E-state index in [0.717, 1.165) is 19.5 Å². The van der Waals surface area contributed by atoms with Crippen LogP contribution < -0.4 is 10.6 Å². The van der Waals surface area contributed by atoms with E-state index >= 15 is 0 Å². The van der Waals surface area contributed by atoms with Crippen LogP contribution in [-0.4, -0.2) is 24.1 Å². The molecule has 3 nitrogen and oxygen atoms in total. The third-order valence-electron chi connectivity index (χ3n) is 2.79. The fourth-order valence-electron chi connectivity index (χ4n) is 2.05. The van der Waals surface area contributed by atoms with Crippen molar-refractivity contribution in [3.05, 3.63) is 24.0 Å². The van der Waals surface area contributed by atoms with Crippen molar-refractivity contribution in [1.82, 2.24) is 4.98 Å². The summed E-state index contributed by atoms with van der Waals surface area (Å²) in [5, 5.41) is 0. The number of rotatable bonds is 1. The van der Waals surface area contributed by atoms with Crippen LogP contribution in [0.3, 0.4) is 0 Å². The molecule has 2 rings (SSSR count). The van der Waals surface area contributed by atoms with Crippen LogP contribution in [0.1, 0.15) is 18.4 Å². The van der Waals surface area contributed by atoms with Gasteiger partial charge in [0.05, 0.1) is 0 Å². The second kappa shape index (κ2) is 3.96. The molecule has 76 valence electrons. The minimum atomic E-state index is 0.330. The highest BCUT2D eigenvalue weighted by Gasteiger charge is 2.17. The van der Waals surface area contributed by atoms with E-state index in [4.69, 9.17) is 5.73 Å². The van der Waals surface area contributed by atoms with E-state index in [1.54, 1.807) is 0 Å². The number of anilines is 1. The lowest BCUT2D eigenvalue weighted by atomic mass is 10.1. The van der Waals surface area contributed by atoms with Crippen molar-refractivity contribution in [3.63, 3.8) is 0 Å². The second-order valence-corrected chi connectivity index (χ2v) is 4.01. The highest BCUT2D eigenvalue weighted by Crippen LogP contribution is 2.21. The first-order valence-corrected chi connectivity index (χ1v) is 5.18. The summed E-state index contributed by atoms with van der Waals surface area (Å²) < 4.78 is 0. The number of pyridine rings is 1. The maximum Gasteiger partial charge on any atom is 0.0427 e. The summed E-state index contributed by atoms with van der Waals surface area (Å²) in [4.78, 5) is 6.47. The van der Waals surface area contributed by atoms with Gasteiger partial charge >= 0.3 is 0 Å². The van der Waals surface area contributed by atoms with Crippen molar-refractivity contribution >= 4 is 5.69 Å². The van der Waals surface area contributed by atoms with Crippen LogP contribution in [0.4, 0.5) is 5.69 Å². The smallest absolute Gasteiger partial charge is 0.0427 e. The molecule has 0 bridgehead atoms. The Morgan fingerprint density at radius 2 is 2.43 bits per heavy atom. The van der Waals surface area contributed by atoms with Crippen LogP contribution in [0.15, 0.2) is 18.5 Å². The molecule has 1 saturated heterocycles. The van der Waals surface area contributed by atoms with Gasteiger partial charge in [-0.15, -0.1) is 0 Å². The maximum absolute atomic E-state index is 5.96. The van der Waals surface area contributed by atoms with Gasteiger partial charge in [0, 0.05) is 37.2 Å². The molecule has 0 aromatic carbocycles. The Kier molecular flexibility index (Phi) is 2.68. The summed E-state index contributed by atoms with van der Waals surface area (Å²) in [5.74, 6) is 0. The lowest BCUT2D eigenvalue weighted by Gasteiger charge is -2.33. The predicted molar refractivity (Wildman–Crippen MR) is 58.4 cm³/mol. The Morgan fingerprint density at radius 1 is 1.57 bits per heavy atom. The van der Waals surface area contributed by atoms with Gasteiger partial charge in [-0.3, -0.25) is 4.98 Å². The molecule has 1 unspecified atom stereocenters. The molecule has 0 saturated carbocycles. The average molecular weight is 191 g/mol. The highest BCUT2D eigenvalue weighted by molar-refractivity contribution is 5.51. The SMILES string of the molecule is Cc1cnccc1N1CCCC(N)C1. The monoisotopic (exact) mass is 191 g/mol. The molecule has 14 heavy (non-hydrogen) atoms. The van der Waals surface area contributed by atoms with Crippen LogP contribution in [-0.2, 0) is 0 Å². The Labute approximate surface area is 84.9 Å². The van der Waals surface area contributed by atoms with Gasteiger partial charge in [-0.05, 0) is 31.4 Å². The summed E-state index contributed by atoms with van der Waals surface area (Å²) in [5.41, 5.74) is 8.48. The summed E-state index contributed by atoms with van der Waals surface area (Å²) in [6, 6.07) is 2.41. The zero-order chi connectivity index (χ0) is 9.97. The fourth-order valence-corrected chi connectivity index (χ4v) is 2.05. The number of hydrogen-bond acceptors (Lipinski definition) is 3. The Balaban J connectivity index is 2.18. The first-order valence-electron chi connectivity index (χ1n) is 5.18. The Bertz CT molecular complexity index is 311. The molecule has 3 heteroatoms. The van der Waals surface area contributed by atoms with Crippen LogP contribution in [0.5, 0.6) is 0 Å². The van der Waals surface area contributed by atoms with Crippen LogP contribution in [0.2, 0.25) is 0 Å². The second-order valence-electron chi connectivity index (χ2n) is 4.01. The van der Waals surface area contributed by atoms with Crippen LogP contribution in [0, 0.1) is 6.92 Å². The van der Waals surface area contributed by atoms with E-state index in [0.29, 0.717) is 6.04 Å². The Morgan fingerprint density at radius 3 is 3.14 bits per heavy atom. The molecule has 1 atom stereocenters. The van der Waals surface area contributed by atoms with Gasteiger partial charge in [-0.1, -0.05) is 0 Å². The molecule has 1 aromatic rings. The molecule has 1 aliphatic rings. The van der Waals surface area contributed by atoms with Gasteiger partial charge in [-0.25, -0.2) is 0 Å². The summed E-state index contributed by atoms with van der Waals surface area (Å²) >= 11 is 0. The van der Waals surface area contributed by atoms with Gasteiger partial charge in [0.2, 0.25) is 0 Å². The number of aryl methyl sites for hydroxylation is 1. The first-order chi connectivity index (χ1) is 6.77. The van der Waals surface area contributed by atoms with E-state index in [9.17, 15) is 0 Å². The zero-order valence-corrected chi connectivity index (χ0v) is 8.61. The molecular formula is C11H17N3. The van der Waals surface area contributed by atoms with Gasteiger partial charge in [0.15, 0.2) is 0 Å². The van der Waals surface area contributed by atoms with Crippen molar-refractivity contribution < 1.29 is 0 Å². The van der Waals surface area contributed by atoms with Crippen LogP contribution >= 0.6 is 0 Å². The van der Waals surface area contributed by atoms with E-state index in [1.807, 2.05) is 12.4 Å². The van der Waals surface area contributed by atoms with Crippen molar-refractivity contribution in [3.8, 4) is 0 Å². The standard InChI is InChI=1S/C11H17N3/c1-9-7-13-5-4-11(9)14-6-2-3-10(12)8-14/h4-5,7,10H,2-3,6,8,12H2,1H3. The minimum absolute atomic E-state index is 0.330. The summed E-state index contributed by atoms with van der Waals surface area (Å²) in [7, 11) is 0. The van der Waals surface area contributed by atoms with E-state index in [-0.39, 0.29) is 0 Å². The molecule has 2 N–H and O–H groups in total. The molecular weight excluding hydrogens is 174 g/mol. The van der Waals surface area contributed by atoms with Gasteiger partial charge < -0.3 is 10.6 Å².